The SMILES string of the molecule is CC(=O)c1c(C)c2cnc(Nc3ccc(C4CCN(c5ccc([C@@H](C)N6CCC(O)(c7ccc8c(c7)C(=O)N(C7CCC(=O)NC7=O)C8=O)CC6)cc5)CC4)cn3)nc2n(C2CCCC2)c1=O. The minimum atomic E-state index is -1.18. The topological polar surface area (TPSA) is 200 Å². The summed E-state index contributed by atoms with van der Waals surface area (Å²) in [5, 5.41) is 18.0. The summed E-state index contributed by atoms with van der Waals surface area (Å²) in [5.74, 6) is -1.13. The first-order valence-electron chi connectivity index (χ1n) is 23.6. The fourth-order valence-corrected chi connectivity index (χ4v) is 11.1. The number of carbonyl (C=O) groups excluding carboxylic acids is 5. The summed E-state index contributed by atoms with van der Waals surface area (Å²) >= 11 is 0. The maximum absolute atomic E-state index is 13.6. The van der Waals surface area contributed by atoms with Gasteiger partial charge in [-0.25, -0.2) is 9.97 Å². The molecular weight excluding hydrogens is 851 g/mol. The van der Waals surface area contributed by atoms with E-state index in [1.807, 2.05) is 12.3 Å². The molecule has 1 unspecified atom stereocenters. The quantitative estimate of drug-likeness (QED) is 0.103. The van der Waals surface area contributed by atoms with Crippen LogP contribution in [0.5, 0.6) is 0 Å². The van der Waals surface area contributed by atoms with Crippen LogP contribution in [0.25, 0.3) is 11.0 Å². The molecule has 2 atom stereocenters. The Kier molecular flexibility index (Phi) is 11.6. The first kappa shape index (κ1) is 44.2. The van der Waals surface area contributed by atoms with Gasteiger partial charge in [-0.15, -0.1) is 0 Å². The number of aliphatic hydroxyl groups is 1. The summed E-state index contributed by atoms with van der Waals surface area (Å²) in [6, 6.07) is 16.8. The van der Waals surface area contributed by atoms with Crippen molar-refractivity contribution in [3.63, 3.8) is 0 Å². The molecule has 4 fully saturated rings. The van der Waals surface area contributed by atoms with Crippen molar-refractivity contribution in [2.75, 3.05) is 36.4 Å². The average Bonchev–Trinajstić information content (AvgIpc) is 3.95. The van der Waals surface area contributed by atoms with E-state index in [0.29, 0.717) is 65.8 Å². The summed E-state index contributed by atoms with van der Waals surface area (Å²) in [6.07, 6.45) is 10.5. The Labute approximate surface area is 387 Å². The second-order valence-corrected chi connectivity index (χ2v) is 19.0. The van der Waals surface area contributed by atoms with Gasteiger partial charge in [-0.1, -0.05) is 37.1 Å². The molecular formula is C51H55N9O7. The van der Waals surface area contributed by atoms with Gasteiger partial charge in [-0.05, 0) is 124 Å². The molecule has 7 heterocycles. The van der Waals surface area contributed by atoms with Crippen LogP contribution >= 0.6 is 0 Å². The van der Waals surface area contributed by atoms with Crippen molar-refractivity contribution in [2.24, 2.45) is 0 Å². The zero-order chi connectivity index (χ0) is 46.7. The van der Waals surface area contributed by atoms with Crippen molar-refractivity contribution in [2.45, 2.75) is 115 Å². The molecule has 3 aromatic heterocycles. The molecule has 1 aliphatic carbocycles. The van der Waals surface area contributed by atoms with Crippen LogP contribution in [0.1, 0.15) is 149 Å². The lowest BCUT2D eigenvalue weighted by atomic mass is 9.82. The van der Waals surface area contributed by atoms with Crippen LogP contribution in [0.15, 0.2) is 71.8 Å². The van der Waals surface area contributed by atoms with Crippen molar-refractivity contribution in [3.8, 4) is 0 Å². The molecule has 16 nitrogen and oxygen atoms in total. The number of likely N-dealkylation sites (tertiary alicyclic amines) is 1. The second-order valence-electron chi connectivity index (χ2n) is 19.0. The summed E-state index contributed by atoms with van der Waals surface area (Å²) in [5.41, 5.74) is 4.41. The molecule has 0 bridgehead atoms. The zero-order valence-electron chi connectivity index (χ0n) is 38.1. The monoisotopic (exact) mass is 905 g/mol. The van der Waals surface area contributed by atoms with Crippen LogP contribution in [0, 0.1) is 6.92 Å². The molecule has 16 heteroatoms. The van der Waals surface area contributed by atoms with Gasteiger partial charge in [0.25, 0.3) is 17.4 Å². The minimum absolute atomic E-state index is 0.00289. The number of hydrogen-bond acceptors (Lipinski definition) is 13. The predicted octanol–water partition coefficient (Wildman–Crippen LogP) is 6.39. The highest BCUT2D eigenvalue weighted by Gasteiger charge is 2.46. The lowest BCUT2D eigenvalue weighted by Crippen LogP contribution is -2.54. The van der Waals surface area contributed by atoms with Gasteiger partial charge in [-0.2, -0.15) is 4.98 Å². The molecule has 1 saturated carbocycles. The summed E-state index contributed by atoms with van der Waals surface area (Å²) in [6.45, 7) is 8.51. The minimum Gasteiger partial charge on any atom is -0.385 e. The molecule has 3 saturated heterocycles. The van der Waals surface area contributed by atoms with Crippen molar-refractivity contribution in [1.82, 2.24) is 34.6 Å². The Bertz CT molecular complexity index is 2880. The normalized spacial score (nSPS) is 20.9. The average molecular weight is 906 g/mol. The third-order valence-corrected chi connectivity index (χ3v) is 15.1. The van der Waals surface area contributed by atoms with Gasteiger partial charge in [0.15, 0.2) is 5.78 Å². The Balaban J connectivity index is 0.729. The maximum Gasteiger partial charge on any atom is 0.263 e. The van der Waals surface area contributed by atoms with E-state index in [2.05, 4.69) is 62.7 Å². The molecule has 2 aromatic carbocycles. The summed E-state index contributed by atoms with van der Waals surface area (Å²) in [4.78, 5) is 96.8. The molecule has 5 aliphatic rings. The van der Waals surface area contributed by atoms with E-state index in [4.69, 9.17) is 9.97 Å². The number of amides is 4. The van der Waals surface area contributed by atoms with E-state index in [9.17, 15) is 33.9 Å². The highest BCUT2D eigenvalue weighted by molar-refractivity contribution is 6.23. The Hall–Kier alpha value is -6.65. The number of aryl methyl sites for hydroxylation is 1. The lowest BCUT2D eigenvalue weighted by molar-refractivity contribution is -0.136. The molecule has 5 aromatic rings. The van der Waals surface area contributed by atoms with Crippen molar-refractivity contribution in [1.29, 1.82) is 0 Å². The predicted molar refractivity (Wildman–Crippen MR) is 250 cm³/mol. The Morgan fingerprint density at radius 3 is 2.24 bits per heavy atom. The Morgan fingerprint density at radius 1 is 0.851 bits per heavy atom. The van der Waals surface area contributed by atoms with Crippen molar-refractivity contribution in [3.05, 3.63) is 116 Å². The van der Waals surface area contributed by atoms with Gasteiger partial charge in [-0.3, -0.25) is 48.5 Å². The smallest absolute Gasteiger partial charge is 0.263 e. The van der Waals surface area contributed by atoms with E-state index < -0.39 is 35.3 Å². The molecule has 67 heavy (non-hydrogen) atoms. The number of nitrogens with zero attached hydrogens (tertiary/aromatic N) is 7. The third kappa shape index (κ3) is 8.09. The van der Waals surface area contributed by atoms with Crippen LogP contribution in [0.3, 0.4) is 0 Å². The number of carbonyl (C=O) groups is 5. The van der Waals surface area contributed by atoms with Gasteiger partial charge >= 0.3 is 0 Å². The zero-order valence-corrected chi connectivity index (χ0v) is 38.1. The van der Waals surface area contributed by atoms with E-state index in [-0.39, 0.29) is 53.0 Å². The summed E-state index contributed by atoms with van der Waals surface area (Å²) < 4.78 is 1.72. The fourth-order valence-electron chi connectivity index (χ4n) is 11.1. The largest absolute Gasteiger partial charge is 0.385 e. The lowest BCUT2D eigenvalue weighted by Gasteiger charge is -2.41. The van der Waals surface area contributed by atoms with Crippen LogP contribution in [0.4, 0.5) is 17.5 Å². The first-order valence-corrected chi connectivity index (χ1v) is 23.6. The van der Waals surface area contributed by atoms with E-state index >= 15 is 0 Å². The number of benzene rings is 2. The number of ketones is 1. The van der Waals surface area contributed by atoms with Gasteiger partial charge in [0, 0.05) is 68.2 Å². The van der Waals surface area contributed by atoms with Crippen LogP contribution in [-0.2, 0) is 15.2 Å². The van der Waals surface area contributed by atoms with E-state index in [1.165, 1.54) is 23.7 Å². The van der Waals surface area contributed by atoms with Crippen molar-refractivity contribution >= 4 is 57.9 Å². The Morgan fingerprint density at radius 2 is 1.57 bits per heavy atom. The molecule has 0 radical (unpaired) electrons. The molecule has 4 aliphatic heterocycles. The highest BCUT2D eigenvalue weighted by Crippen LogP contribution is 2.39. The second kappa shape index (κ2) is 17.5. The summed E-state index contributed by atoms with van der Waals surface area (Å²) in [7, 11) is 0. The van der Waals surface area contributed by atoms with Crippen molar-refractivity contribution < 1.29 is 29.1 Å². The van der Waals surface area contributed by atoms with Crippen LogP contribution < -0.4 is 21.1 Å². The molecule has 346 valence electrons. The number of nitrogens with one attached hydrogen (secondary N) is 2. The van der Waals surface area contributed by atoms with Gasteiger partial charge < -0.3 is 15.3 Å². The third-order valence-electron chi connectivity index (χ3n) is 15.1. The van der Waals surface area contributed by atoms with E-state index in [1.54, 1.807) is 35.9 Å². The molecule has 3 N–H and O–H groups in total. The highest BCUT2D eigenvalue weighted by atomic mass is 16.3. The number of rotatable bonds is 10. The van der Waals surface area contributed by atoms with Gasteiger partial charge in [0.1, 0.15) is 17.5 Å². The first-order chi connectivity index (χ1) is 32.3. The fraction of sp³-hybridized carbons (Fsp3) is 0.431. The molecule has 0 spiro atoms. The number of anilines is 3. The molecule has 4 amide bonds. The van der Waals surface area contributed by atoms with Gasteiger partial charge in [0.2, 0.25) is 17.8 Å². The van der Waals surface area contributed by atoms with Crippen LogP contribution in [0.2, 0.25) is 0 Å². The maximum atomic E-state index is 13.6. The number of pyridine rings is 2. The standard InChI is InChI=1S/C51H55N9O7/c1-29-40-28-53-50(56-45(40)59(37-6-4-5-7-37)49(66)44(29)31(3)61)54-42-16-10-34(27-52-42)33-18-22-58(23-19-33)36-12-8-32(9-13-36)30(2)57-24-20-51(67,21-25-57)35-11-14-38-39(26-35)48(65)60(47(38)64)41-15-17-43(62)55-46(41)63/h8-14,16,26-28,30,33,37,41,67H,4-7,15,17-25H2,1-3H3,(H,55,62,63)(H,52,53,54,56)/t30-,41?/m1/s1. The number of piperidine rings is 3. The van der Waals surface area contributed by atoms with Crippen LogP contribution in [-0.4, -0.2) is 96.1 Å². The van der Waals surface area contributed by atoms with E-state index in [0.717, 1.165) is 56.5 Å². The number of hydrogen-bond donors (Lipinski definition) is 3. The number of fused-ring (bicyclic) bond motifs is 2. The van der Waals surface area contributed by atoms with Gasteiger partial charge in [0.05, 0.1) is 22.3 Å². The number of aromatic nitrogens is 4. The molecule has 10 rings (SSSR count). The number of imide groups is 2. The number of Topliss-reactive ketones (excluding diaryl/α,β-unsaturated/α-hetero) is 1.